The number of anilines is 1. The standard InChI is InChI=1S/C22H23N5O/c1-22(2,3)18-13-20(27(25-18)14-16-7-5-4-6-8-16)24-21(28)17-9-10-19-23-11-12-26(19)15-17/h4-13,15H,14H2,1-3H3,(H,24,28). The number of carbonyl (C=O) groups is 1. The fraction of sp³-hybridized carbons (Fsp3) is 0.227. The third-order valence-electron chi connectivity index (χ3n) is 4.62. The number of rotatable bonds is 4. The maximum Gasteiger partial charge on any atom is 0.258 e. The van der Waals surface area contributed by atoms with E-state index in [0.29, 0.717) is 17.9 Å². The summed E-state index contributed by atoms with van der Waals surface area (Å²) in [6, 6.07) is 15.7. The Bertz CT molecular complexity index is 1120. The summed E-state index contributed by atoms with van der Waals surface area (Å²) < 4.78 is 3.68. The van der Waals surface area contributed by atoms with E-state index in [0.717, 1.165) is 16.9 Å². The number of hydrogen-bond acceptors (Lipinski definition) is 3. The van der Waals surface area contributed by atoms with E-state index in [-0.39, 0.29) is 11.3 Å². The second kappa shape index (κ2) is 6.96. The summed E-state index contributed by atoms with van der Waals surface area (Å²) in [6.07, 6.45) is 5.31. The topological polar surface area (TPSA) is 64.2 Å². The molecule has 0 aliphatic carbocycles. The van der Waals surface area contributed by atoms with Gasteiger partial charge in [-0.3, -0.25) is 4.79 Å². The van der Waals surface area contributed by atoms with Crippen LogP contribution in [0.5, 0.6) is 0 Å². The van der Waals surface area contributed by atoms with Crippen LogP contribution in [0.25, 0.3) is 5.65 Å². The molecule has 6 heteroatoms. The van der Waals surface area contributed by atoms with Gasteiger partial charge in [0.25, 0.3) is 5.91 Å². The monoisotopic (exact) mass is 373 g/mol. The Balaban J connectivity index is 1.65. The van der Waals surface area contributed by atoms with E-state index in [9.17, 15) is 4.79 Å². The molecule has 28 heavy (non-hydrogen) atoms. The molecule has 1 N–H and O–H groups in total. The van der Waals surface area contributed by atoms with Gasteiger partial charge in [-0.25, -0.2) is 9.67 Å². The SMILES string of the molecule is CC(C)(C)c1cc(NC(=O)c2ccc3nccn3c2)n(Cc2ccccc2)n1. The Kier molecular flexibility index (Phi) is 4.47. The smallest absolute Gasteiger partial charge is 0.258 e. The molecule has 0 unspecified atom stereocenters. The van der Waals surface area contributed by atoms with E-state index >= 15 is 0 Å². The van der Waals surface area contributed by atoms with Gasteiger partial charge in [0.1, 0.15) is 11.5 Å². The molecule has 0 saturated carbocycles. The van der Waals surface area contributed by atoms with E-state index < -0.39 is 0 Å². The van der Waals surface area contributed by atoms with Crippen LogP contribution < -0.4 is 5.32 Å². The fourth-order valence-corrected chi connectivity index (χ4v) is 3.00. The van der Waals surface area contributed by atoms with Crippen LogP contribution in [0.1, 0.15) is 42.4 Å². The van der Waals surface area contributed by atoms with Crippen molar-refractivity contribution < 1.29 is 4.79 Å². The second-order valence-corrected chi connectivity index (χ2v) is 7.87. The van der Waals surface area contributed by atoms with Crippen molar-refractivity contribution >= 4 is 17.4 Å². The highest BCUT2D eigenvalue weighted by atomic mass is 16.1. The number of imidazole rings is 1. The first-order valence-corrected chi connectivity index (χ1v) is 9.26. The van der Waals surface area contributed by atoms with Gasteiger partial charge in [-0.15, -0.1) is 0 Å². The van der Waals surface area contributed by atoms with Crippen LogP contribution in [0.2, 0.25) is 0 Å². The Morgan fingerprint density at radius 3 is 2.64 bits per heavy atom. The molecule has 4 aromatic rings. The summed E-state index contributed by atoms with van der Waals surface area (Å²) in [5, 5.41) is 7.78. The highest BCUT2D eigenvalue weighted by Gasteiger charge is 2.21. The highest BCUT2D eigenvalue weighted by Crippen LogP contribution is 2.25. The van der Waals surface area contributed by atoms with Crippen LogP contribution in [0.15, 0.2) is 67.1 Å². The molecule has 0 saturated heterocycles. The fourth-order valence-electron chi connectivity index (χ4n) is 3.00. The number of amides is 1. The number of hydrogen-bond donors (Lipinski definition) is 1. The minimum Gasteiger partial charge on any atom is -0.307 e. The lowest BCUT2D eigenvalue weighted by atomic mass is 9.92. The summed E-state index contributed by atoms with van der Waals surface area (Å²) >= 11 is 0. The lowest BCUT2D eigenvalue weighted by Crippen LogP contribution is -2.17. The van der Waals surface area contributed by atoms with Crippen molar-refractivity contribution in [1.29, 1.82) is 0 Å². The van der Waals surface area contributed by atoms with Crippen molar-refractivity contribution in [2.75, 3.05) is 5.32 Å². The van der Waals surface area contributed by atoms with Crippen molar-refractivity contribution in [3.8, 4) is 0 Å². The van der Waals surface area contributed by atoms with Gasteiger partial charge >= 0.3 is 0 Å². The van der Waals surface area contributed by atoms with Crippen molar-refractivity contribution in [3.05, 3.63) is 83.9 Å². The van der Waals surface area contributed by atoms with Gasteiger partial charge in [0.05, 0.1) is 17.8 Å². The minimum absolute atomic E-state index is 0.114. The molecule has 1 amide bonds. The predicted octanol–water partition coefficient (Wildman–Crippen LogP) is 4.13. The maximum atomic E-state index is 12.9. The number of pyridine rings is 1. The molecule has 0 radical (unpaired) electrons. The van der Waals surface area contributed by atoms with Gasteiger partial charge in [-0.1, -0.05) is 51.1 Å². The third kappa shape index (κ3) is 3.67. The molecule has 0 aliphatic heterocycles. The molecule has 142 valence electrons. The molecule has 0 atom stereocenters. The van der Waals surface area contributed by atoms with Crippen LogP contribution in [0, 0.1) is 0 Å². The average molecular weight is 373 g/mol. The van der Waals surface area contributed by atoms with E-state index in [4.69, 9.17) is 5.10 Å². The molecule has 3 heterocycles. The molecule has 0 fully saturated rings. The minimum atomic E-state index is -0.176. The lowest BCUT2D eigenvalue weighted by Gasteiger charge is -2.14. The van der Waals surface area contributed by atoms with Crippen LogP contribution in [0.3, 0.4) is 0 Å². The predicted molar refractivity (Wildman–Crippen MR) is 110 cm³/mol. The van der Waals surface area contributed by atoms with Crippen LogP contribution in [0.4, 0.5) is 5.82 Å². The van der Waals surface area contributed by atoms with Crippen LogP contribution in [-0.4, -0.2) is 25.1 Å². The summed E-state index contributed by atoms with van der Waals surface area (Å²) in [6.45, 7) is 6.93. The zero-order valence-corrected chi connectivity index (χ0v) is 16.3. The molecule has 1 aromatic carbocycles. The number of aromatic nitrogens is 4. The highest BCUT2D eigenvalue weighted by molar-refractivity contribution is 6.03. The summed E-state index contributed by atoms with van der Waals surface area (Å²) in [5.74, 6) is 0.509. The number of fused-ring (bicyclic) bond motifs is 1. The Morgan fingerprint density at radius 2 is 1.89 bits per heavy atom. The zero-order valence-electron chi connectivity index (χ0n) is 16.3. The van der Waals surface area contributed by atoms with Crippen LogP contribution >= 0.6 is 0 Å². The first-order valence-electron chi connectivity index (χ1n) is 9.26. The van der Waals surface area contributed by atoms with Gasteiger partial charge in [0.15, 0.2) is 0 Å². The van der Waals surface area contributed by atoms with Gasteiger partial charge in [0.2, 0.25) is 0 Å². The van der Waals surface area contributed by atoms with Gasteiger partial charge in [-0.05, 0) is 17.7 Å². The van der Waals surface area contributed by atoms with Crippen LogP contribution in [-0.2, 0) is 12.0 Å². The molecule has 0 aliphatic rings. The summed E-state index contributed by atoms with van der Waals surface area (Å²) in [5.41, 5.74) is 3.32. The molecular weight excluding hydrogens is 350 g/mol. The van der Waals surface area contributed by atoms with Gasteiger partial charge in [-0.2, -0.15) is 5.10 Å². The van der Waals surface area contributed by atoms with Gasteiger partial charge < -0.3 is 9.72 Å². The Labute approximate surface area is 163 Å². The number of nitrogens with zero attached hydrogens (tertiary/aromatic N) is 4. The third-order valence-corrected chi connectivity index (χ3v) is 4.62. The van der Waals surface area contributed by atoms with Crippen molar-refractivity contribution in [1.82, 2.24) is 19.2 Å². The van der Waals surface area contributed by atoms with E-state index in [1.807, 2.05) is 45.6 Å². The number of nitrogens with one attached hydrogen (secondary N) is 1. The summed E-state index contributed by atoms with van der Waals surface area (Å²) in [4.78, 5) is 17.1. The maximum absolute atomic E-state index is 12.9. The van der Waals surface area contributed by atoms with Crippen molar-refractivity contribution in [2.24, 2.45) is 0 Å². The first-order chi connectivity index (χ1) is 13.4. The normalized spacial score (nSPS) is 11.7. The Morgan fingerprint density at radius 1 is 1.11 bits per heavy atom. The lowest BCUT2D eigenvalue weighted by molar-refractivity contribution is 0.102. The average Bonchev–Trinajstić information content (AvgIpc) is 3.29. The van der Waals surface area contributed by atoms with E-state index in [2.05, 4.69) is 43.2 Å². The number of benzene rings is 1. The molecule has 3 aromatic heterocycles. The van der Waals surface area contributed by atoms with E-state index in [1.54, 1.807) is 18.5 Å². The molecule has 0 spiro atoms. The molecule has 4 rings (SSSR count). The largest absolute Gasteiger partial charge is 0.307 e. The zero-order chi connectivity index (χ0) is 19.7. The van der Waals surface area contributed by atoms with E-state index in [1.165, 1.54) is 0 Å². The quantitative estimate of drug-likeness (QED) is 0.585. The van der Waals surface area contributed by atoms with Gasteiger partial charge in [0, 0.05) is 30.1 Å². The first kappa shape index (κ1) is 18.0. The molecule has 0 bridgehead atoms. The Hall–Kier alpha value is -3.41. The van der Waals surface area contributed by atoms with Crippen molar-refractivity contribution in [2.45, 2.75) is 32.7 Å². The second-order valence-electron chi connectivity index (χ2n) is 7.87. The van der Waals surface area contributed by atoms with Crippen molar-refractivity contribution in [3.63, 3.8) is 0 Å². The summed E-state index contributed by atoms with van der Waals surface area (Å²) in [7, 11) is 0. The molecule has 6 nitrogen and oxygen atoms in total. The molecular formula is C22H23N5O. The number of carbonyl (C=O) groups excluding carboxylic acids is 1.